The summed E-state index contributed by atoms with van der Waals surface area (Å²) in [7, 11) is 0. The van der Waals surface area contributed by atoms with Crippen LogP contribution >= 0.6 is 0 Å². The number of rotatable bonds is 2. The molecule has 0 radical (unpaired) electrons. The normalized spacial score (nSPS) is 17.4. The average molecular weight is 240 g/mol. The van der Waals surface area contributed by atoms with E-state index >= 15 is 0 Å². The Hall–Kier alpha value is -2.16. The molecule has 1 aliphatic rings. The summed E-state index contributed by atoms with van der Waals surface area (Å²) in [5, 5.41) is 15.7. The van der Waals surface area contributed by atoms with Gasteiger partial charge in [0, 0.05) is 17.1 Å². The number of hydrogen-bond donors (Lipinski definition) is 2. The Morgan fingerprint density at radius 3 is 2.33 bits per heavy atom. The van der Waals surface area contributed by atoms with Gasteiger partial charge in [0.2, 0.25) is 11.8 Å². The number of aryl methyl sites for hydroxylation is 1. The van der Waals surface area contributed by atoms with Crippen molar-refractivity contribution in [3.63, 3.8) is 0 Å². The summed E-state index contributed by atoms with van der Waals surface area (Å²) in [5.74, 6) is 0.251. The van der Waals surface area contributed by atoms with Gasteiger partial charge in [-0.25, -0.2) is 0 Å². The Bertz CT molecular complexity index is 538. The number of hydrogen-bond acceptors (Lipinski definition) is 3. The molecule has 1 atom stereocenters. The van der Waals surface area contributed by atoms with Gasteiger partial charge in [-0.1, -0.05) is 42.8 Å². The van der Waals surface area contributed by atoms with Gasteiger partial charge in [0.15, 0.2) is 0 Å². The van der Waals surface area contributed by atoms with Crippen molar-refractivity contribution < 1.29 is 4.74 Å². The van der Waals surface area contributed by atoms with Gasteiger partial charge < -0.3 is 4.74 Å². The predicted octanol–water partition coefficient (Wildman–Crippen LogP) is 3.45. The quantitative estimate of drug-likeness (QED) is 0.603. The maximum Gasteiger partial charge on any atom is 0.221 e. The molecule has 0 bridgehead atoms. The Morgan fingerprint density at radius 1 is 1.11 bits per heavy atom. The molecule has 1 aromatic rings. The lowest BCUT2D eigenvalue weighted by Crippen LogP contribution is -2.16. The summed E-state index contributed by atoms with van der Waals surface area (Å²) in [5.41, 5.74) is 2.63. The monoisotopic (exact) mass is 240 g/mol. The third kappa shape index (κ3) is 2.56. The van der Waals surface area contributed by atoms with Crippen LogP contribution in [0, 0.1) is 23.7 Å². The molecular formula is C15H16N2O. The van der Waals surface area contributed by atoms with E-state index in [-0.39, 0.29) is 17.7 Å². The molecule has 2 rings (SSSR count). The molecule has 1 aliphatic carbocycles. The lowest BCUT2D eigenvalue weighted by molar-refractivity contribution is 0.530. The molecule has 1 unspecified atom stereocenters. The summed E-state index contributed by atoms with van der Waals surface area (Å²) in [6.45, 7) is 4.00. The summed E-state index contributed by atoms with van der Waals surface area (Å²) in [4.78, 5) is 0. The summed E-state index contributed by atoms with van der Waals surface area (Å²) in [6, 6.07) is 7.51. The lowest BCUT2D eigenvalue weighted by Gasteiger charge is -2.12. The third-order valence-corrected chi connectivity index (χ3v) is 2.95. The van der Waals surface area contributed by atoms with Gasteiger partial charge in [0.1, 0.15) is 0 Å². The largest absolute Gasteiger partial charge is 0.421 e. The van der Waals surface area contributed by atoms with Crippen molar-refractivity contribution in [2.45, 2.75) is 13.8 Å². The van der Waals surface area contributed by atoms with Crippen LogP contribution in [0.15, 0.2) is 48.1 Å². The molecule has 0 aromatic heterocycles. The molecule has 0 spiro atoms. The fourth-order valence-electron chi connectivity index (χ4n) is 1.79. The predicted molar refractivity (Wildman–Crippen MR) is 73.2 cm³/mol. The summed E-state index contributed by atoms with van der Waals surface area (Å²) >= 11 is 0. The van der Waals surface area contributed by atoms with Crippen molar-refractivity contribution in [3.05, 3.63) is 59.2 Å². The second kappa shape index (κ2) is 5.00. The van der Waals surface area contributed by atoms with E-state index in [1.165, 1.54) is 0 Å². The Balaban J connectivity index is 2.04. The second-order valence-electron chi connectivity index (χ2n) is 4.42. The molecule has 0 fully saturated rings. The molecule has 0 saturated heterocycles. The summed E-state index contributed by atoms with van der Waals surface area (Å²) < 4.78 is 5.29. The van der Waals surface area contributed by atoms with Crippen LogP contribution in [-0.2, 0) is 4.74 Å². The van der Waals surface area contributed by atoms with Gasteiger partial charge in [-0.2, -0.15) is 0 Å². The Labute approximate surface area is 107 Å². The van der Waals surface area contributed by atoms with Crippen LogP contribution in [0.2, 0.25) is 0 Å². The van der Waals surface area contributed by atoms with Crippen LogP contribution in [0.4, 0.5) is 0 Å². The van der Waals surface area contributed by atoms with Gasteiger partial charge in [-0.3, -0.25) is 10.8 Å². The molecule has 0 saturated carbocycles. The van der Waals surface area contributed by atoms with Crippen molar-refractivity contribution in [2.24, 2.45) is 5.92 Å². The highest BCUT2D eigenvalue weighted by Crippen LogP contribution is 2.20. The summed E-state index contributed by atoms with van der Waals surface area (Å²) in [6.07, 6.45) is 5.77. The maximum atomic E-state index is 7.87. The first-order valence-corrected chi connectivity index (χ1v) is 5.88. The molecule has 1 aromatic carbocycles. The first-order valence-electron chi connectivity index (χ1n) is 5.88. The zero-order valence-electron chi connectivity index (χ0n) is 10.5. The minimum Gasteiger partial charge on any atom is -0.421 e. The van der Waals surface area contributed by atoms with Crippen LogP contribution < -0.4 is 0 Å². The molecule has 92 valence electrons. The van der Waals surface area contributed by atoms with Crippen molar-refractivity contribution >= 4 is 11.8 Å². The molecular weight excluding hydrogens is 224 g/mol. The van der Waals surface area contributed by atoms with Gasteiger partial charge in [0.25, 0.3) is 0 Å². The van der Waals surface area contributed by atoms with Crippen LogP contribution in [0.1, 0.15) is 18.1 Å². The molecule has 18 heavy (non-hydrogen) atoms. The van der Waals surface area contributed by atoms with E-state index in [9.17, 15) is 0 Å². The van der Waals surface area contributed by atoms with Crippen molar-refractivity contribution in [1.29, 1.82) is 10.8 Å². The van der Waals surface area contributed by atoms with Crippen molar-refractivity contribution in [3.8, 4) is 0 Å². The lowest BCUT2D eigenvalue weighted by atomic mass is 10.1. The standard InChI is InChI=1S/C15H16N2O/c1-10-6-8-12(9-7-10)14(16)18-15(17)13-5-3-4-11(13)2/h3-9,11,16-17H,1-2H3. The molecule has 3 nitrogen and oxygen atoms in total. The SMILES string of the molecule is Cc1ccc(C(=N)OC(=N)C2=CC=CC2C)cc1. The van der Waals surface area contributed by atoms with E-state index in [1.54, 1.807) is 0 Å². The van der Waals surface area contributed by atoms with Crippen LogP contribution in [0.5, 0.6) is 0 Å². The number of benzene rings is 1. The minimum atomic E-state index is 0.0139. The van der Waals surface area contributed by atoms with Crippen LogP contribution in [-0.4, -0.2) is 11.8 Å². The van der Waals surface area contributed by atoms with Crippen molar-refractivity contribution in [1.82, 2.24) is 0 Å². The second-order valence-corrected chi connectivity index (χ2v) is 4.42. The van der Waals surface area contributed by atoms with Gasteiger partial charge in [-0.05, 0) is 19.1 Å². The van der Waals surface area contributed by atoms with E-state index in [0.717, 1.165) is 11.1 Å². The minimum absolute atomic E-state index is 0.0139. The maximum absolute atomic E-state index is 7.87. The van der Waals surface area contributed by atoms with Crippen LogP contribution in [0.3, 0.4) is 0 Å². The zero-order valence-corrected chi connectivity index (χ0v) is 10.5. The highest BCUT2D eigenvalue weighted by atomic mass is 16.5. The van der Waals surface area contributed by atoms with Gasteiger partial charge >= 0.3 is 0 Å². The highest BCUT2D eigenvalue weighted by Gasteiger charge is 2.17. The van der Waals surface area contributed by atoms with E-state index < -0.39 is 0 Å². The first-order chi connectivity index (χ1) is 8.58. The smallest absolute Gasteiger partial charge is 0.221 e. The topological polar surface area (TPSA) is 56.9 Å². The molecule has 0 amide bonds. The third-order valence-electron chi connectivity index (χ3n) is 2.95. The first kappa shape index (κ1) is 12.3. The fourth-order valence-corrected chi connectivity index (χ4v) is 1.79. The van der Waals surface area contributed by atoms with E-state index in [4.69, 9.17) is 15.6 Å². The molecule has 0 heterocycles. The molecule has 3 heteroatoms. The van der Waals surface area contributed by atoms with E-state index in [2.05, 4.69) is 0 Å². The zero-order chi connectivity index (χ0) is 13.1. The molecule has 0 aliphatic heterocycles. The van der Waals surface area contributed by atoms with Crippen LogP contribution in [0.25, 0.3) is 0 Å². The van der Waals surface area contributed by atoms with Gasteiger partial charge in [-0.15, -0.1) is 0 Å². The fraction of sp³-hybridized carbons (Fsp3) is 0.200. The van der Waals surface area contributed by atoms with Gasteiger partial charge in [0.05, 0.1) is 0 Å². The van der Waals surface area contributed by atoms with E-state index in [1.807, 2.05) is 56.3 Å². The number of allylic oxidation sites excluding steroid dienone is 3. The Kier molecular flexibility index (Phi) is 3.42. The highest BCUT2D eigenvalue weighted by molar-refractivity contribution is 6.05. The number of ether oxygens (including phenoxy) is 1. The number of nitrogens with one attached hydrogen (secondary N) is 2. The van der Waals surface area contributed by atoms with Crippen molar-refractivity contribution in [2.75, 3.05) is 0 Å². The van der Waals surface area contributed by atoms with E-state index in [0.29, 0.717) is 5.56 Å². The average Bonchev–Trinajstić information content (AvgIpc) is 2.76. The Morgan fingerprint density at radius 2 is 1.78 bits per heavy atom. The molecule has 2 N–H and O–H groups in total.